The molecular weight excluding hydrogens is 877 g/mol. The second-order valence-corrected chi connectivity index (χ2v) is 23.4. The number of rotatable bonds is 15. The van der Waals surface area contributed by atoms with Crippen molar-refractivity contribution < 1.29 is 44.0 Å². The van der Waals surface area contributed by atoms with Crippen molar-refractivity contribution in [3.63, 3.8) is 0 Å². The molecule has 3 aliphatic rings. The minimum absolute atomic E-state index is 0.0338. The van der Waals surface area contributed by atoms with Gasteiger partial charge in [0.2, 0.25) is 0 Å². The lowest BCUT2D eigenvalue weighted by Crippen LogP contribution is -2.61. The Kier molecular flexibility index (Phi) is 15.0. The Morgan fingerprint density at radius 3 is 0.754 bits per heavy atom. The summed E-state index contributed by atoms with van der Waals surface area (Å²) < 4.78 is 18.7. The van der Waals surface area contributed by atoms with Crippen molar-refractivity contribution in [2.24, 2.45) is 0 Å². The maximum absolute atomic E-state index is 10.5. The zero-order valence-electron chi connectivity index (χ0n) is 43.6. The third kappa shape index (κ3) is 12.4. The summed E-state index contributed by atoms with van der Waals surface area (Å²) in [6, 6.07) is 22.6. The highest BCUT2D eigenvalue weighted by Crippen LogP contribution is 2.44. The van der Waals surface area contributed by atoms with E-state index in [1.54, 1.807) is 0 Å². The van der Waals surface area contributed by atoms with Crippen LogP contribution in [0.1, 0.15) is 177 Å². The minimum Gasteiger partial charge on any atom is -0.424 e. The summed E-state index contributed by atoms with van der Waals surface area (Å²) in [7, 11) is 0. The SMILES string of the molecule is CC(ON1C(C)(C)CC(O)CC1(C)C)c1ccc(Oc2nc(Oc3ccc(C(C)ON4C(C)(C)CC(O)CC4(C)C)cc3)nc(Oc3ccc(C(C)ON4C(C)(C)CC(O)CC4(C)C)cc3)n2)cc1. The first-order valence-electron chi connectivity index (χ1n) is 24.6. The molecule has 0 saturated carbocycles. The molecule has 1 aromatic heterocycles. The Bertz CT molecular complexity index is 2030. The van der Waals surface area contributed by atoms with Crippen LogP contribution in [0.4, 0.5) is 0 Å². The van der Waals surface area contributed by atoms with Crippen LogP contribution in [0.2, 0.25) is 0 Å². The number of hydrogen-bond donors (Lipinski definition) is 3. The van der Waals surface area contributed by atoms with Crippen molar-refractivity contribution in [1.29, 1.82) is 0 Å². The Labute approximate surface area is 409 Å². The maximum Gasteiger partial charge on any atom is 0.331 e. The van der Waals surface area contributed by atoms with Gasteiger partial charge in [-0.1, -0.05) is 36.4 Å². The third-order valence-electron chi connectivity index (χ3n) is 13.8. The average Bonchev–Trinajstić information content (AvgIpc) is 3.21. The molecule has 3 fully saturated rings. The molecule has 3 aliphatic heterocycles. The molecule has 0 aliphatic carbocycles. The van der Waals surface area contributed by atoms with Gasteiger partial charge in [0.1, 0.15) is 35.6 Å². The molecular formula is C54H78N6O9. The van der Waals surface area contributed by atoms with E-state index in [9.17, 15) is 15.3 Å². The molecule has 15 nitrogen and oxygen atoms in total. The maximum atomic E-state index is 10.5. The molecule has 0 spiro atoms. The molecule has 3 aromatic carbocycles. The number of nitrogens with zero attached hydrogens (tertiary/aromatic N) is 6. The van der Waals surface area contributed by atoms with E-state index in [4.69, 9.17) is 28.7 Å². The van der Waals surface area contributed by atoms with E-state index in [2.05, 4.69) is 98.0 Å². The summed E-state index contributed by atoms with van der Waals surface area (Å²) in [5, 5.41) is 37.7. The molecule has 7 rings (SSSR count). The largest absolute Gasteiger partial charge is 0.424 e. The molecule has 378 valence electrons. The van der Waals surface area contributed by atoms with Gasteiger partial charge >= 0.3 is 18.0 Å². The Morgan fingerprint density at radius 2 is 0.565 bits per heavy atom. The topological polar surface area (TPSA) is 164 Å². The van der Waals surface area contributed by atoms with E-state index in [0.717, 1.165) is 16.7 Å². The Morgan fingerprint density at radius 1 is 0.377 bits per heavy atom. The van der Waals surface area contributed by atoms with Crippen LogP contribution in [-0.2, 0) is 14.5 Å². The number of hydroxylamine groups is 6. The van der Waals surface area contributed by atoms with Crippen LogP contribution in [0.5, 0.6) is 35.3 Å². The Hall–Kier alpha value is -4.29. The lowest BCUT2D eigenvalue weighted by molar-refractivity contribution is -0.313. The van der Waals surface area contributed by atoms with E-state index in [0.29, 0.717) is 55.8 Å². The first-order valence-corrected chi connectivity index (χ1v) is 24.6. The number of aliphatic hydroxyl groups is 3. The summed E-state index contributed by atoms with van der Waals surface area (Å²) in [5.74, 6) is 1.45. The van der Waals surface area contributed by atoms with Crippen LogP contribution in [-0.4, -0.2) is 97.0 Å². The van der Waals surface area contributed by atoms with Gasteiger partial charge in [0, 0.05) is 33.2 Å². The van der Waals surface area contributed by atoms with E-state index in [1.165, 1.54) is 0 Å². The lowest BCUT2D eigenvalue weighted by Gasteiger charge is -2.53. The number of piperidine rings is 3. The molecule has 4 aromatic rings. The third-order valence-corrected chi connectivity index (χ3v) is 13.8. The van der Waals surface area contributed by atoms with E-state index >= 15 is 0 Å². The smallest absolute Gasteiger partial charge is 0.331 e. The summed E-state index contributed by atoms with van der Waals surface area (Å²) in [6.07, 6.45) is 1.71. The summed E-state index contributed by atoms with van der Waals surface area (Å²) in [4.78, 5) is 33.4. The van der Waals surface area contributed by atoms with Crippen molar-refractivity contribution in [2.45, 2.75) is 212 Å². The van der Waals surface area contributed by atoms with Gasteiger partial charge in [-0.3, -0.25) is 14.5 Å². The van der Waals surface area contributed by atoms with Gasteiger partial charge in [-0.25, -0.2) is 0 Å². The molecule has 4 heterocycles. The van der Waals surface area contributed by atoms with Crippen molar-refractivity contribution >= 4 is 0 Å². The molecule has 15 heteroatoms. The summed E-state index contributed by atoms with van der Waals surface area (Å²) >= 11 is 0. The molecule has 3 atom stereocenters. The zero-order valence-corrected chi connectivity index (χ0v) is 43.6. The fourth-order valence-electron chi connectivity index (χ4n) is 11.3. The van der Waals surface area contributed by atoms with Crippen LogP contribution in [0.15, 0.2) is 72.8 Å². The van der Waals surface area contributed by atoms with Gasteiger partial charge in [-0.05, 0) is 195 Å². The second kappa shape index (κ2) is 19.7. The van der Waals surface area contributed by atoms with Gasteiger partial charge in [-0.15, -0.1) is 15.0 Å². The molecule has 3 saturated heterocycles. The first kappa shape index (κ1) is 52.5. The van der Waals surface area contributed by atoms with Crippen molar-refractivity contribution in [3.8, 4) is 35.3 Å². The van der Waals surface area contributed by atoms with Crippen LogP contribution < -0.4 is 14.2 Å². The fraction of sp³-hybridized carbons (Fsp3) is 0.611. The molecule has 0 bridgehead atoms. The summed E-state index contributed by atoms with van der Waals surface area (Å²) in [5.41, 5.74) is 0.677. The summed E-state index contributed by atoms with van der Waals surface area (Å²) in [6.45, 7) is 31.2. The van der Waals surface area contributed by atoms with E-state index < -0.39 is 0 Å². The first-order chi connectivity index (χ1) is 32.0. The zero-order chi connectivity index (χ0) is 50.5. The van der Waals surface area contributed by atoms with Crippen molar-refractivity contribution in [1.82, 2.24) is 30.1 Å². The molecule has 3 unspecified atom stereocenters. The molecule has 3 N–H and O–H groups in total. The highest BCUT2D eigenvalue weighted by molar-refractivity contribution is 5.34. The molecule has 69 heavy (non-hydrogen) atoms. The average molecular weight is 955 g/mol. The normalized spacial score (nSPS) is 23.2. The number of benzene rings is 3. The molecule has 0 radical (unpaired) electrons. The minimum atomic E-state index is -0.385. The van der Waals surface area contributed by atoms with Gasteiger partial charge in [-0.2, -0.15) is 15.2 Å². The predicted molar refractivity (Wildman–Crippen MR) is 264 cm³/mol. The van der Waals surface area contributed by atoms with Gasteiger partial charge in [0.15, 0.2) is 0 Å². The van der Waals surface area contributed by atoms with E-state index in [-0.39, 0.29) is 87.9 Å². The van der Waals surface area contributed by atoms with Crippen LogP contribution in [0.3, 0.4) is 0 Å². The standard InChI is InChI=1S/C54H78N6O9/c1-34(67-58-49(4,5)28-40(61)29-50(58,6)7)37-16-22-43(23-17-37)64-46-55-47(65-44-24-18-38(19-25-44)35(2)68-59-51(8,9)30-41(62)31-52(59,10)11)57-48(56-46)66-45-26-20-39(21-27-45)36(3)69-60-53(12,13)32-42(63)33-54(60,14)15/h16-27,34-36,40-42,61-63H,28-33H2,1-15H3. The van der Waals surface area contributed by atoms with Crippen molar-refractivity contribution in [3.05, 3.63) is 89.5 Å². The predicted octanol–water partition coefficient (Wildman–Crippen LogP) is 11.3. The number of hydrogen-bond acceptors (Lipinski definition) is 15. The fourth-order valence-corrected chi connectivity index (χ4v) is 11.3. The lowest BCUT2D eigenvalue weighted by atomic mass is 9.80. The highest BCUT2D eigenvalue weighted by Gasteiger charge is 2.49. The van der Waals surface area contributed by atoms with E-state index in [1.807, 2.05) is 109 Å². The second-order valence-electron chi connectivity index (χ2n) is 23.4. The van der Waals surface area contributed by atoms with Crippen molar-refractivity contribution in [2.75, 3.05) is 0 Å². The number of aliphatic hydroxyl groups excluding tert-OH is 3. The highest BCUT2D eigenvalue weighted by atomic mass is 16.7. The molecule has 0 amide bonds. The van der Waals surface area contributed by atoms with Gasteiger partial charge < -0.3 is 29.5 Å². The monoisotopic (exact) mass is 955 g/mol. The van der Waals surface area contributed by atoms with Crippen LogP contribution in [0, 0.1) is 0 Å². The number of aromatic nitrogens is 3. The Balaban J connectivity index is 1.09. The van der Waals surface area contributed by atoms with Crippen LogP contribution in [0.25, 0.3) is 0 Å². The van der Waals surface area contributed by atoms with Crippen LogP contribution >= 0.6 is 0 Å². The van der Waals surface area contributed by atoms with Gasteiger partial charge in [0.25, 0.3) is 0 Å². The van der Waals surface area contributed by atoms with Gasteiger partial charge in [0.05, 0.1) is 18.3 Å². The quantitative estimate of drug-likeness (QED) is 0.103. The number of ether oxygens (including phenoxy) is 3.